The van der Waals surface area contributed by atoms with E-state index < -0.39 is 0 Å². The lowest BCUT2D eigenvalue weighted by Crippen LogP contribution is -2.19. The van der Waals surface area contributed by atoms with Gasteiger partial charge in [0, 0.05) is 12.7 Å². The van der Waals surface area contributed by atoms with Gasteiger partial charge >= 0.3 is 0 Å². The van der Waals surface area contributed by atoms with Gasteiger partial charge in [0.05, 0.1) is 31.5 Å². The smallest absolute Gasteiger partial charge is 0.127 e. The van der Waals surface area contributed by atoms with Crippen molar-refractivity contribution in [3.05, 3.63) is 41.7 Å². The Morgan fingerprint density at radius 1 is 1.20 bits per heavy atom. The number of hydrogen-bond acceptors (Lipinski definition) is 4. The Morgan fingerprint density at radius 2 is 1.85 bits per heavy atom. The third kappa shape index (κ3) is 2.63. The summed E-state index contributed by atoms with van der Waals surface area (Å²) in [7, 11) is 3.27. The van der Waals surface area contributed by atoms with Crippen molar-refractivity contribution < 1.29 is 9.47 Å². The normalized spacial score (nSPS) is 12.2. The predicted molar refractivity (Wildman–Crippen MR) is 78.1 cm³/mol. The van der Waals surface area contributed by atoms with Crippen LogP contribution in [0.5, 0.6) is 11.5 Å². The Bertz CT molecular complexity index is 544. The second-order valence-electron chi connectivity index (χ2n) is 4.53. The highest BCUT2D eigenvalue weighted by molar-refractivity contribution is 5.49. The Labute approximate surface area is 119 Å². The van der Waals surface area contributed by atoms with Crippen molar-refractivity contribution in [2.45, 2.75) is 25.9 Å². The molecular formula is C15H21N3O2. The van der Waals surface area contributed by atoms with Crippen LogP contribution >= 0.6 is 0 Å². The zero-order valence-electron chi connectivity index (χ0n) is 12.2. The van der Waals surface area contributed by atoms with E-state index in [1.54, 1.807) is 20.4 Å². The zero-order chi connectivity index (χ0) is 14.5. The quantitative estimate of drug-likeness (QED) is 0.879. The van der Waals surface area contributed by atoms with Crippen molar-refractivity contribution in [1.29, 1.82) is 0 Å². The van der Waals surface area contributed by atoms with Gasteiger partial charge in [0.25, 0.3) is 0 Å². The second-order valence-corrected chi connectivity index (χ2v) is 4.53. The van der Waals surface area contributed by atoms with Crippen molar-refractivity contribution in [2.24, 2.45) is 5.73 Å². The third-order valence-electron chi connectivity index (χ3n) is 3.28. The molecule has 108 valence electrons. The standard InChI is InChI=1S/C15H21N3O2/c1-4-10-18-11(8-9-17-18)15(16)14-12(19-2)6-5-7-13(14)20-3/h5-9,15H,4,10,16H2,1-3H3. The number of nitrogens with zero attached hydrogens (tertiary/aromatic N) is 2. The van der Waals surface area contributed by atoms with E-state index in [4.69, 9.17) is 15.2 Å². The molecule has 0 aliphatic carbocycles. The van der Waals surface area contributed by atoms with Gasteiger partial charge in [-0.2, -0.15) is 5.10 Å². The molecule has 0 radical (unpaired) electrons. The van der Waals surface area contributed by atoms with Gasteiger partial charge in [0.2, 0.25) is 0 Å². The maximum Gasteiger partial charge on any atom is 0.127 e. The van der Waals surface area contributed by atoms with Gasteiger partial charge < -0.3 is 15.2 Å². The van der Waals surface area contributed by atoms with E-state index in [-0.39, 0.29) is 6.04 Å². The molecule has 1 unspecified atom stereocenters. The van der Waals surface area contributed by atoms with Crippen molar-refractivity contribution in [2.75, 3.05) is 14.2 Å². The first-order valence-electron chi connectivity index (χ1n) is 6.71. The Hall–Kier alpha value is -2.01. The van der Waals surface area contributed by atoms with Crippen LogP contribution in [0.3, 0.4) is 0 Å². The fraction of sp³-hybridized carbons (Fsp3) is 0.400. The molecule has 2 rings (SSSR count). The lowest BCUT2D eigenvalue weighted by molar-refractivity contribution is 0.380. The molecule has 0 spiro atoms. The predicted octanol–water partition coefficient (Wildman–Crippen LogP) is 2.36. The van der Waals surface area contributed by atoms with E-state index in [9.17, 15) is 0 Å². The van der Waals surface area contributed by atoms with Gasteiger partial charge in [-0.3, -0.25) is 4.68 Å². The minimum atomic E-state index is -0.338. The minimum Gasteiger partial charge on any atom is -0.496 e. The number of nitrogens with two attached hydrogens (primary N) is 1. The highest BCUT2D eigenvalue weighted by Crippen LogP contribution is 2.35. The molecule has 0 fully saturated rings. The van der Waals surface area contributed by atoms with Gasteiger partial charge in [-0.25, -0.2) is 0 Å². The van der Waals surface area contributed by atoms with Gasteiger partial charge in [0.15, 0.2) is 0 Å². The summed E-state index contributed by atoms with van der Waals surface area (Å²) < 4.78 is 12.8. The highest BCUT2D eigenvalue weighted by atomic mass is 16.5. The first kappa shape index (κ1) is 14.4. The fourth-order valence-electron chi connectivity index (χ4n) is 2.34. The minimum absolute atomic E-state index is 0.338. The van der Waals surface area contributed by atoms with E-state index in [1.165, 1.54) is 0 Å². The van der Waals surface area contributed by atoms with Crippen molar-refractivity contribution in [1.82, 2.24) is 9.78 Å². The zero-order valence-corrected chi connectivity index (χ0v) is 12.2. The number of methoxy groups -OCH3 is 2. The summed E-state index contributed by atoms with van der Waals surface area (Å²) in [6.45, 7) is 2.95. The average molecular weight is 275 g/mol. The molecule has 1 atom stereocenters. The summed E-state index contributed by atoms with van der Waals surface area (Å²) in [5.74, 6) is 1.45. The average Bonchev–Trinajstić information content (AvgIpc) is 2.94. The van der Waals surface area contributed by atoms with Crippen LogP contribution in [-0.2, 0) is 6.54 Å². The van der Waals surface area contributed by atoms with Crippen LogP contribution in [0.15, 0.2) is 30.5 Å². The molecule has 0 saturated heterocycles. The van der Waals surface area contributed by atoms with Crippen molar-refractivity contribution >= 4 is 0 Å². The molecule has 0 bridgehead atoms. The molecule has 0 aliphatic rings. The lowest BCUT2D eigenvalue weighted by atomic mass is 10.0. The van der Waals surface area contributed by atoms with Crippen molar-refractivity contribution in [3.8, 4) is 11.5 Å². The molecule has 2 N–H and O–H groups in total. The summed E-state index contributed by atoms with van der Waals surface area (Å²) in [6.07, 6.45) is 2.78. The van der Waals surface area contributed by atoms with Gasteiger partial charge in [-0.1, -0.05) is 13.0 Å². The van der Waals surface area contributed by atoms with Crippen LogP contribution in [0.2, 0.25) is 0 Å². The number of aryl methyl sites for hydroxylation is 1. The number of rotatable bonds is 6. The fourth-order valence-corrected chi connectivity index (χ4v) is 2.34. The Morgan fingerprint density at radius 3 is 2.40 bits per heavy atom. The van der Waals surface area contributed by atoms with E-state index in [2.05, 4.69) is 12.0 Å². The molecular weight excluding hydrogens is 254 g/mol. The van der Waals surface area contributed by atoms with Crippen molar-refractivity contribution in [3.63, 3.8) is 0 Å². The van der Waals surface area contributed by atoms with E-state index in [1.807, 2.05) is 28.9 Å². The van der Waals surface area contributed by atoms with Gasteiger partial charge in [-0.15, -0.1) is 0 Å². The highest BCUT2D eigenvalue weighted by Gasteiger charge is 2.21. The molecule has 1 aromatic carbocycles. The van der Waals surface area contributed by atoms with Gasteiger partial charge in [0.1, 0.15) is 11.5 Å². The summed E-state index contributed by atoms with van der Waals surface area (Å²) in [4.78, 5) is 0. The second kappa shape index (κ2) is 6.43. The first-order valence-corrected chi connectivity index (χ1v) is 6.71. The van der Waals surface area contributed by atoms with Crippen LogP contribution in [0.4, 0.5) is 0 Å². The lowest BCUT2D eigenvalue weighted by Gasteiger charge is -2.19. The molecule has 5 nitrogen and oxygen atoms in total. The molecule has 0 aliphatic heterocycles. The maximum absolute atomic E-state index is 6.42. The van der Waals surface area contributed by atoms with Crippen LogP contribution in [0.25, 0.3) is 0 Å². The topological polar surface area (TPSA) is 62.3 Å². The van der Waals surface area contributed by atoms with Crippen LogP contribution in [0, 0.1) is 0 Å². The number of aromatic nitrogens is 2. The summed E-state index contributed by atoms with van der Waals surface area (Å²) in [6, 6.07) is 7.26. The van der Waals surface area contributed by atoms with Crippen LogP contribution in [-0.4, -0.2) is 24.0 Å². The molecule has 0 saturated carbocycles. The van der Waals surface area contributed by atoms with Gasteiger partial charge in [-0.05, 0) is 24.6 Å². The SMILES string of the molecule is CCCn1nccc1C(N)c1c(OC)cccc1OC. The van der Waals surface area contributed by atoms with E-state index >= 15 is 0 Å². The molecule has 1 aromatic heterocycles. The Balaban J connectivity index is 2.46. The largest absolute Gasteiger partial charge is 0.496 e. The number of hydrogen-bond donors (Lipinski definition) is 1. The van der Waals surface area contributed by atoms with E-state index in [0.29, 0.717) is 0 Å². The molecule has 1 heterocycles. The van der Waals surface area contributed by atoms with Crippen LogP contribution < -0.4 is 15.2 Å². The molecule has 5 heteroatoms. The summed E-state index contributed by atoms with van der Waals surface area (Å²) >= 11 is 0. The number of benzene rings is 1. The Kier molecular flexibility index (Phi) is 4.63. The first-order chi connectivity index (χ1) is 9.72. The number of ether oxygens (including phenoxy) is 2. The third-order valence-corrected chi connectivity index (χ3v) is 3.28. The molecule has 0 amide bonds. The van der Waals surface area contributed by atoms with E-state index in [0.717, 1.165) is 35.7 Å². The summed E-state index contributed by atoms with van der Waals surface area (Å²) in [5, 5.41) is 4.32. The monoisotopic (exact) mass is 275 g/mol. The molecule has 2 aromatic rings. The van der Waals surface area contributed by atoms with Crippen LogP contribution in [0.1, 0.15) is 30.6 Å². The maximum atomic E-state index is 6.42. The molecule has 20 heavy (non-hydrogen) atoms. The summed E-state index contributed by atoms with van der Waals surface area (Å²) in [5.41, 5.74) is 8.22.